The summed E-state index contributed by atoms with van der Waals surface area (Å²) >= 11 is 0. The van der Waals surface area contributed by atoms with E-state index in [2.05, 4.69) is 45.0 Å². The Balaban J connectivity index is 1.95. The largest absolute Gasteiger partial charge is 0.293 e. The van der Waals surface area contributed by atoms with E-state index in [1.807, 2.05) is 30.3 Å². The molecule has 0 aliphatic heterocycles. The average Bonchev–Trinajstić information content (AvgIpc) is 2.48. The summed E-state index contributed by atoms with van der Waals surface area (Å²) in [5.74, 6) is 0.273. The highest BCUT2D eigenvalue weighted by molar-refractivity contribution is 6.32. The van der Waals surface area contributed by atoms with E-state index < -0.39 is 0 Å². The maximum Gasteiger partial charge on any atom is 0.173 e. The molecule has 1 nitrogen and oxygen atoms in total. The number of rotatable bonds is 3. The van der Waals surface area contributed by atoms with Gasteiger partial charge in [-0.2, -0.15) is 0 Å². The smallest absolute Gasteiger partial charge is 0.173 e. The van der Waals surface area contributed by atoms with Crippen molar-refractivity contribution < 1.29 is 4.79 Å². The predicted octanol–water partition coefficient (Wildman–Crippen LogP) is 4.60. The Morgan fingerprint density at radius 2 is 1.67 bits per heavy atom. The Morgan fingerprint density at radius 3 is 2.29 bits per heavy atom. The van der Waals surface area contributed by atoms with E-state index >= 15 is 0 Å². The molecule has 0 saturated heterocycles. The van der Waals surface area contributed by atoms with Gasteiger partial charge < -0.3 is 0 Å². The van der Waals surface area contributed by atoms with Gasteiger partial charge in [0, 0.05) is 5.57 Å². The van der Waals surface area contributed by atoms with E-state index in [0.29, 0.717) is 0 Å². The van der Waals surface area contributed by atoms with Crippen molar-refractivity contribution in [2.45, 2.75) is 27.2 Å². The fourth-order valence-electron chi connectivity index (χ4n) is 3.20. The van der Waals surface area contributed by atoms with Crippen LogP contribution in [0.2, 0.25) is 0 Å². The Kier molecular flexibility index (Phi) is 3.29. The molecule has 2 aromatic carbocycles. The van der Waals surface area contributed by atoms with Crippen molar-refractivity contribution in [1.82, 2.24) is 0 Å². The van der Waals surface area contributed by atoms with E-state index in [9.17, 15) is 4.79 Å². The summed E-state index contributed by atoms with van der Waals surface area (Å²) in [7, 11) is 0. The van der Waals surface area contributed by atoms with Crippen molar-refractivity contribution in [3.63, 3.8) is 0 Å². The summed E-state index contributed by atoms with van der Waals surface area (Å²) in [6.07, 6.45) is 0.786. The molecule has 21 heavy (non-hydrogen) atoms. The Morgan fingerprint density at radius 1 is 0.952 bits per heavy atom. The summed E-state index contributed by atoms with van der Waals surface area (Å²) in [6, 6.07) is 18.5. The molecule has 0 amide bonds. The molecule has 0 saturated carbocycles. The third-order valence-electron chi connectivity index (χ3n) is 4.64. The van der Waals surface area contributed by atoms with Crippen LogP contribution in [0.1, 0.15) is 30.5 Å². The molecule has 1 unspecified atom stereocenters. The lowest BCUT2D eigenvalue weighted by molar-refractivity contribution is -0.122. The van der Waals surface area contributed by atoms with E-state index in [4.69, 9.17) is 0 Å². The molecule has 0 fully saturated rings. The van der Waals surface area contributed by atoms with Gasteiger partial charge in [0.25, 0.3) is 0 Å². The van der Waals surface area contributed by atoms with Gasteiger partial charge in [-0.05, 0) is 43.9 Å². The van der Waals surface area contributed by atoms with Crippen LogP contribution in [-0.4, -0.2) is 5.78 Å². The second-order valence-electron chi connectivity index (χ2n) is 6.19. The van der Waals surface area contributed by atoms with E-state index in [0.717, 1.165) is 17.6 Å². The number of carbonyl (C=O) groups is 1. The zero-order chi connectivity index (χ0) is 15.0. The zero-order valence-electron chi connectivity index (χ0n) is 12.8. The Hall–Kier alpha value is -2.15. The maximum absolute atomic E-state index is 12.8. The normalized spacial score (nSPS) is 21.4. The first-order chi connectivity index (χ1) is 10.0. The molecule has 0 bridgehead atoms. The minimum atomic E-state index is -0.347. The quantitative estimate of drug-likeness (QED) is 0.800. The number of aryl methyl sites for hydroxylation is 1. The summed E-state index contributed by atoms with van der Waals surface area (Å²) in [5, 5.41) is 0. The van der Waals surface area contributed by atoms with Gasteiger partial charge in [0.05, 0.1) is 5.41 Å². The van der Waals surface area contributed by atoms with Crippen LogP contribution in [0, 0.1) is 12.3 Å². The van der Waals surface area contributed by atoms with Crippen LogP contribution in [0.4, 0.5) is 0 Å². The monoisotopic (exact) mass is 276 g/mol. The fraction of sp³-hybridized carbons (Fsp3) is 0.250. The van der Waals surface area contributed by atoms with Crippen molar-refractivity contribution in [1.29, 1.82) is 0 Å². The second-order valence-corrected chi connectivity index (χ2v) is 6.19. The standard InChI is InChI=1S/C20H20O/c1-14-8-7-11-17(12-14)18-15(2)20(3,19(18)21)13-16-9-5-4-6-10-16/h4-12H,13H2,1-3H3. The highest BCUT2D eigenvalue weighted by Crippen LogP contribution is 2.49. The van der Waals surface area contributed by atoms with Crippen molar-refractivity contribution in [3.8, 4) is 0 Å². The number of hydrogen-bond acceptors (Lipinski definition) is 1. The molecule has 3 rings (SSSR count). The molecule has 0 radical (unpaired) electrons. The molecule has 0 spiro atoms. The molecule has 0 N–H and O–H groups in total. The van der Waals surface area contributed by atoms with Gasteiger partial charge in [0.1, 0.15) is 0 Å². The first-order valence-electron chi connectivity index (χ1n) is 7.39. The minimum Gasteiger partial charge on any atom is -0.293 e. The van der Waals surface area contributed by atoms with Crippen molar-refractivity contribution in [3.05, 3.63) is 76.9 Å². The molecule has 0 heterocycles. The molecule has 1 aliphatic carbocycles. The average molecular weight is 276 g/mol. The lowest BCUT2D eigenvalue weighted by atomic mass is 9.60. The Bertz CT molecular complexity index is 725. The van der Waals surface area contributed by atoms with Crippen LogP contribution < -0.4 is 0 Å². The van der Waals surface area contributed by atoms with Gasteiger partial charge in [-0.25, -0.2) is 0 Å². The molecule has 1 aliphatic rings. The van der Waals surface area contributed by atoms with E-state index in [1.165, 1.54) is 16.7 Å². The topological polar surface area (TPSA) is 17.1 Å². The Labute approximate surface area is 126 Å². The minimum absolute atomic E-state index is 0.273. The SMILES string of the molecule is CC1=C(c2cccc(C)c2)C(=O)C1(C)Cc1ccccc1. The summed E-state index contributed by atoms with van der Waals surface area (Å²) in [6.45, 7) is 6.23. The van der Waals surface area contributed by atoms with Gasteiger partial charge in [-0.15, -0.1) is 0 Å². The lowest BCUT2D eigenvalue weighted by Gasteiger charge is -2.41. The number of allylic oxidation sites excluding steroid dienone is 2. The lowest BCUT2D eigenvalue weighted by Crippen LogP contribution is -2.41. The van der Waals surface area contributed by atoms with Crippen molar-refractivity contribution in [2.24, 2.45) is 5.41 Å². The fourth-order valence-corrected chi connectivity index (χ4v) is 3.20. The van der Waals surface area contributed by atoms with Crippen LogP contribution in [0.25, 0.3) is 5.57 Å². The third kappa shape index (κ3) is 2.23. The van der Waals surface area contributed by atoms with Crippen LogP contribution in [0.5, 0.6) is 0 Å². The second kappa shape index (κ2) is 5.00. The van der Waals surface area contributed by atoms with Crippen molar-refractivity contribution in [2.75, 3.05) is 0 Å². The molecule has 2 aromatic rings. The zero-order valence-corrected chi connectivity index (χ0v) is 12.8. The first-order valence-corrected chi connectivity index (χ1v) is 7.39. The number of ketones is 1. The van der Waals surface area contributed by atoms with Gasteiger partial charge in [-0.1, -0.05) is 60.2 Å². The molecular formula is C20H20O. The number of benzene rings is 2. The highest BCUT2D eigenvalue weighted by atomic mass is 16.1. The molecule has 1 atom stereocenters. The first kappa shape index (κ1) is 13.8. The van der Waals surface area contributed by atoms with Crippen LogP contribution in [0.15, 0.2) is 60.2 Å². The number of hydrogen-bond donors (Lipinski definition) is 0. The van der Waals surface area contributed by atoms with Crippen molar-refractivity contribution >= 4 is 11.4 Å². The van der Waals surface area contributed by atoms with Gasteiger partial charge >= 0.3 is 0 Å². The molecule has 106 valence electrons. The van der Waals surface area contributed by atoms with Gasteiger partial charge in [-0.3, -0.25) is 4.79 Å². The third-order valence-corrected chi connectivity index (χ3v) is 4.64. The number of carbonyl (C=O) groups excluding carboxylic acids is 1. The highest BCUT2D eigenvalue weighted by Gasteiger charge is 2.47. The van der Waals surface area contributed by atoms with Crippen LogP contribution in [0.3, 0.4) is 0 Å². The van der Waals surface area contributed by atoms with Gasteiger partial charge in [0.15, 0.2) is 5.78 Å². The molecule has 1 heteroatoms. The molecule has 0 aromatic heterocycles. The summed E-state index contributed by atoms with van der Waals surface area (Å²) in [5.41, 5.74) is 5.25. The van der Waals surface area contributed by atoms with Crippen LogP contribution in [-0.2, 0) is 11.2 Å². The van der Waals surface area contributed by atoms with E-state index in [-0.39, 0.29) is 11.2 Å². The summed E-state index contributed by atoms with van der Waals surface area (Å²) in [4.78, 5) is 12.8. The number of Topliss-reactive ketones (excluding diaryl/α,β-unsaturated/α-hetero) is 1. The van der Waals surface area contributed by atoms with Gasteiger partial charge in [0.2, 0.25) is 0 Å². The van der Waals surface area contributed by atoms with Crippen LogP contribution >= 0.6 is 0 Å². The predicted molar refractivity (Wildman–Crippen MR) is 87.0 cm³/mol. The molecular weight excluding hydrogens is 256 g/mol. The summed E-state index contributed by atoms with van der Waals surface area (Å²) < 4.78 is 0. The van der Waals surface area contributed by atoms with E-state index in [1.54, 1.807) is 0 Å². The maximum atomic E-state index is 12.8.